The van der Waals surface area contributed by atoms with E-state index in [1.165, 1.54) is 6.07 Å². The zero-order valence-electron chi connectivity index (χ0n) is 11.6. The number of furan rings is 1. The molecule has 0 radical (unpaired) electrons. The molecule has 0 saturated heterocycles. The van der Waals surface area contributed by atoms with Crippen LogP contribution in [-0.2, 0) is 17.6 Å². The predicted molar refractivity (Wildman–Crippen MR) is 79.1 cm³/mol. The molecule has 2 aromatic rings. The van der Waals surface area contributed by atoms with Crippen LogP contribution in [0.2, 0.25) is 0 Å². The molecule has 1 aliphatic rings. The number of aryl methyl sites for hydroxylation is 2. The Balaban J connectivity index is 1.96. The minimum atomic E-state index is -0.673. The van der Waals surface area contributed by atoms with Gasteiger partial charge in [0, 0.05) is 24.1 Å². The molecule has 1 amide bonds. The molecule has 0 spiro atoms. The van der Waals surface area contributed by atoms with Crippen LogP contribution in [-0.4, -0.2) is 5.91 Å². The summed E-state index contributed by atoms with van der Waals surface area (Å²) < 4.78 is 19.8. The van der Waals surface area contributed by atoms with Crippen molar-refractivity contribution in [3.8, 4) is 0 Å². The van der Waals surface area contributed by atoms with Crippen LogP contribution < -0.4 is 5.32 Å². The molecule has 0 saturated carbocycles. The number of halogens is 2. The van der Waals surface area contributed by atoms with Crippen molar-refractivity contribution in [3.63, 3.8) is 0 Å². The van der Waals surface area contributed by atoms with Crippen molar-refractivity contribution in [2.24, 2.45) is 0 Å². The Kier molecular flexibility index (Phi) is 3.72. The maximum absolute atomic E-state index is 14.3. The van der Waals surface area contributed by atoms with E-state index in [1.54, 1.807) is 12.1 Å². The van der Waals surface area contributed by atoms with Crippen LogP contribution in [0.4, 0.5) is 10.1 Å². The highest BCUT2D eigenvalue weighted by Gasteiger charge is 2.23. The van der Waals surface area contributed by atoms with Gasteiger partial charge in [-0.15, -0.1) is 11.6 Å². The highest BCUT2D eigenvalue weighted by Crippen LogP contribution is 2.35. The zero-order chi connectivity index (χ0) is 15.0. The Morgan fingerprint density at radius 2 is 2.19 bits per heavy atom. The van der Waals surface area contributed by atoms with Gasteiger partial charge in [-0.1, -0.05) is 6.92 Å². The Bertz CT molecular complexity index is 696. The fraction of sp³-hybridized carbons (Fsp3) is 0.312. The number of anilines is 1. The smallest absolute Gasteiger partial charge is 0.224 e. The molecule has 110 valence electrons. The van der Waals surface area contributed by atoms with Crippen molar-refractivity contribution >= 4 is 23.2 Å². The quantitative estimate of drug-likeness (QED) is 0.864. The maximum atomic E-state index is 14.3. The molecule has 21 heavy (non-hydrogen) atoms. The second-order valence-corrected chi connectivity index (χ2v) is 5.54. The molecular weight excluding hydrogens is 293 g/mol. The van der Waals surface area contributed by atoms with Gasteiger partial charge in [-0.25, -0.2) is 4.39 Å². The first-order chi connectivity index (χ1) is 10.1. The van der Waals surface area contributed by atoms with Gasteiger partial charge >= 0.3 is 0 Å². The largest absolute Gasteiger partial charge is 0.464 e. The Labute approximate surface area is 127 Å². The van der Waals surface area contributed by atoms with Gasteiger partial charge in [0.2, 0.25) is 5.91 Å². The van der Waals surface area contributed by atoms with Crippen LogP contribution in [0.25, 0.3) is 0 Å². The average molecular weight is 308 g/mol. The van der Waals surface area contributed by atoms with Gasteiger partial charge in [-0.2, -0.15) is 0 Å². The molecule has 5 heteroatoms. The lowest BCUT2D eigenvalue weighted by atomic mass is 9.98. The van der Waals surface area contributed by atoms with Gasteiger partial charge in [-0.05, 0) is 36.2 Å². The van der Waals surface area contributed by atoms with Gasteiger partial charge in [0.25, 0.3) is 0 Å². The molecule has 1 N–H and O–H groups in total. The van der Waals surface area contributed by atoms with Gasteiger partial charge < -0.3 is 9.73 Å². The van der Waals surface area contributed by atoms with Crippen molar-refractivity contribution in [2.75, 3.05) is 5.32 Å². The zero-order valence-corrected chi connectivity index (χ0v) is 12.3. The summed E-state index contributed by atoms with van der Waals surface area (Å²) >= 11 is 6.36. The van der Waals surface area contributed by atoms with Crippen LogP contribution in [0.15, 0.2) is 28.7 Å². The highest BCUT2D eigenvalue weighted by atomic mass is 35.5. The second kappa shape index (κ2) is 5.53. The third kappa shape index (κ3) is 2.68. The molecule has 1 aromatic heterocycles. The molecule has 3 rings (SSSR count). The number of nitrogens with one attached hydrogen (secondary N) is 1. The third-order valence-corrected chi connectivity index (χ3v) is 4.12. The first-order valence-corrected chi connectivity index (χ1v) is 7.37. The summed E-state index contributed by atoms with van der Waals surface area (Å²) in [5.41, 5.74) is 1.81. The van der Waals surface area contributed by atoms with E-state index in [0.717, 1.165) is 17.7 Å². The van der Waals surface area contributed by atoms with Gasteiger partial charge in [0.15, 0.2) is 0 Å². The van der Waals surface area contributed by atoms with Crippen molar-refractivity contribution in [2.45, 2.75) is 31.6 Å². The van der Waals surface area contributed by atoms with E-state index in [0.29, 0.717) is 29.9 Å². The summed E-state index contributed by atoms with van der Waals surface area (Å²) in [7, 11) is 0. The number of hydrogen-bond donors (Lipinski definition) is 1. The predicted octanol–water partition coefficient (Wildman–Crippen LogP) is 4.19. The Morgan fingerprint density at radius 1 is 1.38 bits per heavy atom. The summed E-state index contributed by atoms with van der Waals surface area (Å²) in [6.45, 7) is 1.98. The molecule has 0 bridgehead atoms. The van der Waals surface area contributed by atoms with Crippen molar-refractivity contribution < 1.29 is 13.6 Å². The van der Waals surface area contributed by atoms with Crippen LogP contribution in [0, 0.1) is 5.82 Å². The first kappa shape index (κ1) is 14.1. The Morgan fingerprint density at radius 3 is 2.90 bits per heavy atom. The fourth-order valence-corrected chi connectivity index (χ4v) is 2.77. The SMILES string of the molecule is CCc1ccc(C(Cl)c2cc3c(cc2F)NC(=O)CC3)o1. The van der Waals surface area contributed by atoms with E-state index < -0.39 is 11.2 Å². The highest BCUT2D eigenvalue weighted by molar-refractivity contribution is 6.22. The lowest BCUT2D eigenvalue weighted by molar-refractivity contribution is -0.116. The standard InChI is InChI=1S/C16H15ClFNO2/c1-2-10-4-5-14(21-10)16(17)11-7-9-3-6-15(20)19-13(9)8-12(11)18/h4-5,7-8,16H,2-3,6H2,1H3,(H,19,20). The molecule has 3 nitrogen and oxygen atoms in total. The summed E-state index contributed by atoms with van der Waals surface area (Å²) in [5, 5.41) is 2.00. The minimum Gasteiger partial charge on any atom is -0.464 e. The van der Waals surface area contributed by atoms with Crippen LogP contribution >= 0.6 is 11.6 Å². The summed E-state index contributed by atoms with van der Waals surface area (Å²) in [6, 6.07) is 6.68. The first-order valence-electron chi connectivity index (χ1n) is 6.93. The van der Waals surface area contributed by atoms with E-state index in [4.69, 9.17) is 16.0 Å². The van der Waals surface area contributed by atoms with Crippen LogP contribution in [0.1, 0.15) is 41.4 Å². The van der Waals surface area contributed by atoms with Crippen molar-refractivity contribution in [1.29, 1.82) is 0 Å². The minimum absolute atomic E-state index is 0.0873. The fourth-order valence-electron chi connectivity index (χ4n) is 2.49. The van der Waals surface area contributed by atoms with Crippen LogP contribution in [0.5, 0.6) is 0 Å². The number of carbonyl (C=O) groups excluding carboxylic acids is 1. The number of fused-ring (bicyclic) bond motifs is 1. The lowest BCUT2D eigenvalue weighted by Crippen LogP contribution is -2.19. The monoisotopic (exact) mass is 307 g/mol. The summed E-state index contributed by atoms with van der Waals surface area (Å²) in [6.07, 6.45) is 1.77. The normalized spacial score (nSPS) is 15.5. The topological polar surface area (TPSA) is 42.2 Å². The molecule has 1 aromatic carbocycles. The Hall–Kier alpha value is -1.81. The van der Waals surface area contributed by atoms with Crippen LogP contribution in [0.3, 0.4) is 0 Å². The molecule has 1 atom stereocenters. The van der Waals surface area contributed by atoms with E-state index >= 15 is 0 Å². The number of amides is 1. The summed E-state index contributed by atoms with van der Waals surface area (Å²) in [4.78, 5) is 11.3. The molecular formula is C16H15ClFNO2. The van der Waals surface area contributed by atoms with Crippen molar-refractivity contribution in [3.05, 3.63) is 52.7 Å². The van der Waals surface area contributed by atoms with Gasteiger partial charge in [0.1, 0.15) is 22.7 Å². The molecule has 1 unspecified atom stereocenters. The molecule has 1 aliphatic heterocycles. The number of rotatable bonds is 3. The lowest BCUT2D eigenvalue weighted by Gasteiger charge is -2.19. The molecule has 0 aliphatic carbocycles. The van der Waals surface area contributed by atoms with Crippen molar-refractivity contribution in [1.82, 2.24) is 0 Å². The summed E-state index contributed by atoms with van der Waals surface area (Å²) in [5.74, 6) is 0.828. The number of hydrogen-bond acceptors (Lipinski definition) is 2. The number of benzene rings is 1. The number of alkyl halides is 1. The third-order valence-electron chi connectivity index (χ3n) is 3.67. The van der Waals surface area contributed by atoms with Gasteiger partial charge in [0.05, 0.1) is 0 Å². The number of carbonyl (C=O) groups is 1. The van der Waals surface area contributed by atoms with E-state index in [1.807, 2.05) is 13.0 Å². The maximum Gasteiger partial charge on any atom is 0.224 e. The van der Waals surface area contributed by atoms with E-state index in [-0.39, 0.29) is 5.91 Å². The molecule has 0 fully saturated rings. The second-order valence-electron chi connectivity index (χ2n) is 5.10. The average Bonchev–Trinajstić information content (AvgIpc) is 2.94. The molecule has 2 heterocycles. The van der Waals surface area contributed by atoms with Gasteiger partial charge in [-0.3, -0.25) is 4.79 Å². The van der Waals surface area contributed by atoms with E-state index in [9.17, 15) is 9.18 Å². The van der Waals surface area contributed by atoms with E-state index in [2.05, 4.69) is 5.32 Å².